The van der Waals surface area contributed by atoms with Crippen LogP contribution >= 0.6 is 0 Å². The second-order valence-corrected chi connectivity index (χ2v) is 4.99. The first-order valence-electron chi connectivity index (χ1n) is 6.07. The topological polar surface area (TPSA) is 3.24 Å². The second-order valence-electron chi connectivity index (χ2n) is 4.99. The minimum absolute atomic E-state index is 0.935. The lowest BCUT2D eigenvalue weighted by atomic mass is 9.90. The maximum atomic E-state index is 2.78. The number of hydrogen-bond donors (Lipinski definition) is 0. The van der Waals surface area contributed by atoms with Crippen molar-refractivity contribution in [3.8, 4) is 0 Å². The zero-order valence-corrected chi connectivity index (χ0v) is 9.13. The van der Waals surface area contributed by atoms with Crippen molar-refractivity contribution in [2.24, 2.45) is 5.92 Å². The number of nitrogens with zero attached hydrogens (tertiary/aromatic N) is 1. The van der Waals surface area contributed by atoms with E-state index in [2.05, 4.69) is 18.7 Å². The molecule has 0 bridgehead atoms. The fourth-order valence-corrected chi connectivity index (χ4v) is 3.01. The van der Waals surface area contributed by atoms with Gasteiger partial charge in [-0.2, -0.15) is 0 Å². The third-order valence-corrected chi connectivity index (χ3v) is 4.05. The van der Waals surface area contributed by atoms with Crippen LogP contribution in [-0.2, 0) is 0 Å². The molecule has 0 spiro atoms. The van der Waals surface area contributed by atoms with Crippen LogP contribution in [0.4, 0.5) is 0 Å². The van der Waals surface area contributed by atoms with Gasteiger partial charge in [0.25, 0.3) is 0 Å². The van der Waals surface area contributed by atoms with E-state index < -0.39 is 0 Å². The maximum Gasteiger partial charge on any atom is 0.0101 e. The van der Waals surface area contributed by atoms with Crippen LogP contribution < -0.4 is 0 Å². The molecular formula is C12H23N. The van der Waals surface area contributed by atoms with Crippen molar-refractivity contribution in [2.45, 2.75) is 64.5 Å². The summed E-state index contributed by atoms with van der Waals surface area (Å²) in [4.78, 5) is 2.78. The Kier molecular flexibility index (Phi) is 2.92. The summed E-state index contributed by atoms with van der Waals surface area (Å²) >= 11 is 0. The number of rotatable bonds is 3. The zero-order valence-electron chi connectivity index (χ0n) is 9.13. The normalized spacial score (nSPS) is 35.3. The Morgan fingerprint density at radius 1 is 1.08 bits per heavy atom. The van der Waals surface area contributed by atoms with Crippen LogP contribution in [0.5, 0.6) is 0 Å². The lowest BCUT2D eigenvalue weighted by Crippen LogP contribution is -2.45. The summed E-state index contributed by atoms with van der Waals surface area (Å²) in [7, 11) is 0. The molecule has 0 radical (unpaired) electrons. The maximum absolute atomic E-state index is 2.78. The summed E-state index contributed by atoms with van der Waals surface area (Å²) in [6.45, 7) is 6.03. The molecular weight excluding hydrogens is 158 g/mol. The summed E-state index contributed by atoms with van der Waals surface area (Å²) in [5.41, 5.74) is 0. The molecule has 2 fully saturated rings. The monoisotopic (exact) mass is 181 g/mol. The van der Waals surface area contributed by atoms with E-state index in [9.17, 15) is 0 Å². The summed E-state index contributed by atoms with van der Waals surface area (Å²) < 4.78 is 0. The first kappa shape index (κ1) is 9.51. The Hall–Kier alpha value is -0.0400. The summed E-state index contributed by atoms with van der Waals surface area (Å²) in [5, 5.41) is 0. The van der Waals surface area contributed by atoms with E-state index >= 15 is 0 Å². The van der Waals surface area contributed by atoms with Crippen LogP contribution in [-0.4, -0.2) is 23.5 Å². The second kappa shape index (κ2) is 4.00. The molecule has 2 atom stereocenters. The lowest BCUT2D eigenvalue weighted by Gasteiger charge is -2.41. The van der Waals surface area contributed by atoms with Crippen LogP contribution in [0.1, 0.15) is 52.4 Å². The molecule has 0 aromatic carbocycles. The predicted molar refractivity (Wildman–Crippen MR) is 56.8 cm³/mol. The first-order chi connectivity index (χ1) is 6.31. The smallest absolute Gasteiger partial charge is 0.0101 e. The molecule has 2 aliphatic rings. The summed E-state index contributed by atoms with van der Waals surface area (Å²) in [6.07, 6.45) is 8.81. The quantitative estimate of drug-likeness (QED) is 0.647. The largest absolute Gasteiger partial charge is 0.298 e. The highest BCUT2D eigenvalue weighted by Crippen LogP contribution is 2.34. The van der Waals surface area contributed by atoms with Gasteiger partial charge in [-0.15, -0.1) is 0 Å². The molecule has 2 unspecified atom stereocenters. The van der Waals surface area contributed by atoms with Gasteiger partial charge < -0.3 is 0 Å². The Bertz CT molecular complexity index is 163. The standard InChI is InChI=1S/C12H23N/c1-3-13(11-5-4-6-11)12-8-7-10(2)9-12/h10-12H,3-9H2,1-2H3. The first-order valence-corrected chi connectivity index (χ1v) is 6.07. The molecule has 13 heavy (non-hydrogen) atoms. The van der Waals surface area contributed by atoms with Gasteiger partial charge in [-0.1, -0.05) is 20.3 Å². The van der Waals surface area contributed by atoms with Gasteiger partial charge in [0.05, 0.1) is 0 Å². The average Bonchev–Trinajstić information content (AvgIpc) is 2.43. The van der Waals surface area contributed by atoms with E-state index in [-0.39, 0.29) is 0 Å². The van der Waals surface area contributed by atoms with Crippen molar-refractivity contribution in [1.29, 1.82) is 0 Å². The van der Waals surface area contributed by atoms with Crippen molar-refractivity contribution in [3.63, 3.8) is 0 Å². The van der Waals surface area contributed by atoms with E-state index in [0.29, 0.717) is 0 Å². The SMILES string of the molecule is CCN(C1CCC1)C1CCC(C)C1. The van der Waals surface area contributed by atoms with Crippen molar-refractivity contribution >= 4 is 0 Å². The lowest BCUT2D eigenvalue weighted by molar-refractivity contribution is 0.0860. The molecule has 1 heteroatoms. The molecule has 2 rings (SSSR count). The van der Waals surface area contributed by atoms with Crippen molar-refractivity contribution in [1.82, 2.24) is 4.90 Å². The van der Waals surface area contributed by atoms with Gasteiger partial charge in [-0.3, -0.25) is 4.90 Å². The molecule has 0 aromatic heterocycles. The molecule has 0 N–H and O–H groups in total. The fourth-order valence-electron chi connectivity index (χ4n) is 3.01. The molecule has 2 saturated carbocycles. The van der Waals surface area contributed by atoms with Gasteiger partial charge in [0, 0.05) is 12.1 Å². The van der Waals surface area contributed by atoms with Gasteiger partial charge in [0.15, 0.2) is 0 Å². The van der Waals surface area contributed by atoms with Crippen LogP contribution in [0.3, 0.4) is 0 Å². The molecule has 2 aliphatic carbocycles. The Morgan fingerprint density at radius 3 is 2.23 bits per heavy atom. The summed E-state index contributed by atoms with van der Waals surface area (Å²) in [6, 6.07) is 1.89. The Morgan fingerprint density at radius 2 is 1.85 bits per heavy atom. The van der Waals surface area contributed by atoms with Crippen LogP contribution in [0.25, 0.3) is 0 Å². The van der Waals surface area contributed by atoms with Gasteiger partial charge in [0.2, 0.25) is 0 Å². The minimum atomic E-state index is 0.935. The molecule has 0 amide bonds. The number of hydrogen-bond acceptors (Lipinski definition) is 1. The highest BCUT2D eigenvalue weighted by molar-refractivity contribution is 4.88. The van der Waals surface area contributed by atoms with Crippen LogP contribution in [0.2, 0.25) is 0 Å². The average molecular weight is 181 g/mol. The minimum Gasteiger partial charge on any atom is -0.298 e. The van der Waals surface area contributed by atoms with Crippen molar-refractivity contribution < 1.29 is 0 Å². The third kappa shape index (κ3) is 1.90. The van der Waals surface area contributed by atoms with Crippen LogP contribution in [0.15, 0.2) is 0 Å². The Balaban J connectivity index is 1.88. The molecule has 1 nitrogen and oxygen atoms in total. The van der Waals surface area contributed by atoms with E-state index in [0.717, 1.165) is 18.0 Å². The van der Waals surface area contributed by atoms with E-state index in [1.54, 1.807) is 0 Å². The van der Waals surface area contributed by atoms with Gasteiger partial charge in [-0.05, 0) is 44.6 Å². The predicted octanol–water partition coefficient (Wildman–Crippen LogP) is 3.05. The van der Waals surface area contributed by atoms with Gasteiger partial charge in [0.1, 0.15) is 0 Å². The Labute approximate surface area is 82.5 Å². The van der Waals surface area contributed by atoms with E-state index in [1.165, 1.54) is 45.1 Å². The van der Waals surface area contributed by atoms with Gasteiger partial charge >= 0.3 is 0 Å². The molecule has 76 valence electrons. The molecule has 0 aromatic rings. The van der Waals surface area contributed by atoms with E-state index in [1.807, 2.05) is 0 Å². The molecule has 0 heterocycles. The molecule has 0 saturated heterocycles. The van der Waals surface area contributed by atoms with Crippen LogP contribution in [0, 0.1) is 5.92 Å². The fraction of sp³-hybridized carbons (Fsp3) is 1.00. The highest BCUT2D eigenvalue weighted by Gasteiger charge is 2.32. The highest BCUT2D eigenvalue weighted by atomic mass is 15.2. The van der Waals surface area contributed by atoms with Crippen molar-refractivity contribution in [2.75, 3.05) is 6.54 Å². The van der Waals surface area contributed by atoms with Crippen molar-refractivity contribution in [3.05, 3.63) is 0 Å². The van der Waals surface area contributed by atoms with E-state index in [4.69, 9.17) is 0 Å². The third-order valence-electron chi connectivity index (χ3n) is 4.05. The zero-order chi connectivity index (χ0) is 9.26. The van der Waals surface area contributed by atoms with Gasteiger partial charge in [-0.25, -0.2) is 0 Å². The molecule has 0 aliphatic heterocycles. The summed E-state index contributed by atoms with van der Waals surface area (Å²) in [5.74, 6) is 0.985.